The minimum atomic E-state index is -2.36. The molecule has 0 saturated heterocycles. The lowest BCUT2D eigenvalue weighted by Crippen LogP contribution is -1.98. The fourth-order valence-corrected chi connectivity index (χ4v) is 4.20. The SMILES string of the molecule is CC1=CP(=O)(c2ccccc2)C=C1C. The van der Waals surface area contributed by atoms with Gasteiger partial charge in [-0.25, -0.2) is 0 Å². The molecule has 0 bridgehead atoms. The second kappa shape index (κ2) is 3.25. The summed E-state index contributed by atoms with van der Waals surface area (Å²) in [5.74, 6) is 3.80. The zero-order chi connectivity index (χ0) is 10.2. The molecule has 2 heteroatoms. The largest absolute Gasteiger partial charge is 0.310 e. The van der Waals surface area contributed by atoms with Crippen molar-refractivity contribution in [3.63, 3.8) is 0 Å². The smallest absolute Gasteiger partial charge is 0.157 e. The van der Waals surface area contributed by atoms with Gasteiger partial charge < -0.3 is 4.57 Å². The Bertz CT molecular complexity index is 432. The van der Waals surface area contributed by atoms with Gasteiger partial charge >= 0.3 is 0 Å². The van der Waals surface area contributed by atoms with Crippen LogP contribution in [-0.4, -0.2) is 0 Å². The van der Waals surface area contributed by atoms with Crippen molar-refractivity contribution >= 4 is 12.4 Å². The minimum absolute atomic E-state index is 0.927. The van der Waals surface area contributed by atoms with Gasteiger partial charge in [0.25, 0.3) is 0 Å². The van der Waals surface area contributed by atoms with Crippen molar-refractivity contribution in [2.75, 3.05) is 0 Å². The molecule has 0 unspecified atom stereocenters. The summed E-state index contributed by atoms with van der Waals surface area (Å²) in [5, 5.41) is 0.927. The van der Waals surface area contributed by atoms with E-state index in [0.717, 1.165) is 16.5 Å². The van der Waals surface area contributed by atoms with Gasteiger partial charge in [0.05, 0.1) is 0 Å². The number of allylic oxidation sites excluding steroid dienone is 2. The molecule has 2 rings (SSSR count). The maximum Gasteiger partial charge on any atom is 0.157 e. The lowest BCUT2D eigenvalue weighted by atomic mass is 10.2. The minimum Gasteiger partial charge on any atom is -0.310 e. The molecular formula is C12H13OP. The number of hydrogen-bond donors (Lipinski definition) is 0. The second-order valence-electron chi connectivity index (χ2n) is 3.67. The molecule has 1 nitrogen and oxygen atoms in total. The summed E-state index contributed by atoms with van der Waals surface area (Å²) in [6.07, 6.45) is 0. The Balaban J connectivity index is 2.53. The van der Waals surface area contributed by atoms with Crippen LogP contribution in [0, 0.1) is 0 Å². The molecule has 1 aliphatic heterocycles. The number of rotatable bonds is 1. The van der Waals surface area contributed by atoms with E-state index in [1.54, 1.807) is 0 Å². The monoisotopic (exact) mass is 204 g/mol. The summed E-state index contributed by atoms with van der Waals surface area (Å²) in [7, 11) is -2.36. The molecule has 1 aromatic carbocycles. The summed E-state index contributed by atoms with van der Waals surface area (Å²) in [5.41, 5.74) is 2.27. The van der Waals surface area contributed by atoms with Gasteiger partial charge in [-0.3, -0.25) is 0 Å². The highest BCUT2D eigenvalue weighted by Crippen LogP contribution is 2.54. The van der Waals surface area contributed by atoms with E-state index in [9.17, 15) is 4.57 Å². The van der Waals surface area contributed by atoms with Crippen LogP contribution in [0.5, 0.6) is 0 Å². The second-order valence-corrected chi connectivity index (χ2v) is 6.12. The zero-order valence-corrected chi connectivity index (χ0v) is 9.29. The quantitative estimate of drug-likeness (QED) is 0.640. The Morgan fingerprint density at radius 1 is 0.929 bits per heavy atom. The highest BCUT2D eigenvalue weighted by molar-refractivity contribution is 7.77. The van der Waals surface area contributed by atoms with Crippen molar-refractivity contribution < 1.29 is 4.57 Å². The summed E-state index contributed by atoms with van der Waals surface area (Å²) in [4.78, 5) is 0. The van der Waals surface area contributed by atoms with Crippen LogP contribution in [-0.2, 0) is 4.57 Å². The van der Waals surface area contributed by atoms with E-state index in [0.29, 0.717) is 0 Å². The molecule has 0 atom stereocenters. The van der Waals surface area contributed by atoms with Gasteiger partial charge in [0.2, 0.25) is 0 Å². The number of hydrogen-bond acceptors (Lipinski definition) is 1. The van der Waals surface area contributed by atoms with Crippen molar-refractivity contribution in [3.8, 4) is 0 Å². The maximum atomic E-state index is 12.5. The molecule has 0 N–H and O–H groups in total. The van der Waals surface area contributed by atoms with Gasteiger partial charge in [-0.2, -0.15) is 0 Å². The maximum absolute atomic E-state index is 12.5. The predicted octanol–water partition coefficient (Wildman–Crippen LogP) is 3.50. The van der Waals surface area contributed by atoms with Gasteiger partial charge in [-0.05, 0) is 36.6 Å². The summed E-state index contributed by atoms with van der Waals surface area (Å²) < 4.78 is 12.5. The fourth-order valence-electron chi connectivity index (χ4n) is 1.63. The highest BCUT2D eigenvalue weighted by Gasteiger charge is 2.24. The van der Waals surface area contributed by atoms with Crippen molar-refractivity contribution in [2.24, 2.45) is 0 Å². The van der Waals surface area contributed by atoms with Crippen LogP contribution >= 0.6 is 7.14 Å². The molecule has 1 aromatic rings. The lowest BCUT2D eigenvalue weighted by molar-refractivity contribution is 0.592. The summed E-state index contributed by atoms with van der Waals surface area (Å²) >= 11 is 0. The molecule has 0 aliphatic carbocycles. The van der Waals surface area contributed by atoms with E-state index < -0.39 is 7.14 Å². The molecular weight excluding hydrogens is 191 g/mol. The molecule has 1 heterocycles. The molecule has 14 heavy (non-hydrogen) atoms. The standard InChI is InChI=1S/C12H13OP/c1-10-8-14(13,9-11(10)2)12-6-4-3-5-7-12/h3-9H,1-2H3. The van der Waals surface area contributed by atoms with Gasteiger partial charge in [0.1, 0.15) is 0 Å². The zero-order valence-electron chi connectivity index (χ0n) is 8.40. The van der Waals surface area contributed by atoms with E-state index in [1.165, 1.54) is 0 Å². The topological polar surface area (TPSA) is 17.1 Å². The normalized spacial score (nSPS) is 19.0. The van der Waals surface area contributed by atoms with Gasteiger partial charge in [0.15, 0.2) is 7.14 Å². The molecule has 72 valence electrons. The lowest BCUT2D eigenvalue weighted by Gasteiger charge is -2.05. The predicted molar refractivity (Wildman–Crippen MR) is 61.2 cm³/mol. The summed E-state index contributed by atoms with van der Waals surface area (Å²) in [6.45, 7) is 4.02. The van der Waals surface area contributed by atoms with Gasteiger partial charge in [-0.15, -0.1) is 0 Å². The molecule has 1 aliphatic rings. The fraction of sp³-hybridized carbons (Fsp3) is 0.167. The van der Waals surface area contributed by atoms with Gasteiger partial charge in [-0.1, -0.05) is 30.3 Å². The van der Waals surface area contributed by atoms with Crippen LogP contribution < -0.4 is 5.30 Å². The Morgan fingerprint density at radius 3 is 1.93 bits per heavy atom. The van der Waals surface area contributed by atoms with E-state index in [4.69, 9.17) is 0 Å². The first-order valence-electron chi connectivity index (χ1n) is 4.66. The third kappa shape index (κ3) is 1.49. The molecule has 0 aromatic heterocycles. The average molecular weight is 204 g/mol. The van der Waals surface area contributed by atoms with Crippen LogP contribution in [0.25, 0.3) is 0 Å². The summed E-state index contributed by atoms with van der Waals surface area (Å²) in [6, 6.07) is 9.66. The third-order valence-electron chi connectivity index (χ3n) is 2.55. The first-order chi connectivity index (χ1) is 6.62. The Hall–Kier alpha value is -1.07. The molecule has 0 radical (unpaired) electrons. The Morgan fingerprint density at radius 2 is 1.43 bits per heavy atom. The van der Waals surface area contributed by atoms with Crippen LogP contribution in [0.4, 0.5) is 0 Å². The van der Waals surface area contributed by atoms with Crippen LogP contribution in [0.3, 0.4) is 0 Å². The van der Waals surface area contributed by atoms with E-state index >= 15 is 0 Å². The first-order valence-corrected chi connectivity index (χ1v) is 6.51. The van der Waals surface area contributed by atoms with E-state index in [-0.39, 0.29) is 0 Å². The van der Waals surface area contributed by atoms with Gasteiger partial charge in [0, 0.05) is 5.30 Å². The number of benzene rings is 1. The molecule has 0 amide bonds. The van der Waals surface area contributed by atoms with Crippen LogP contribution in [0.2, 0.25) is 0 Å². The molecule has 0 spiro atoms. The highest BCUT2D eigenvalue weighted by atomic mass is 31.2. The third-order valence-corrected chi connectivity index (χ3v) is 5.20. The Labute approximate surface area is 84.5 Å². The van der Waals surface area contributed by atoms with Crippen molar-refractivity contribution in [2.45, 2.75) is 13.8 Å². The van der Waals surface area contributed by atoms with E-state index in [2.05, 4.69) is 0 Å². The average Bonchev–Trinajstić information content (AvgIpc) is 2.44. The molecule has 0 saturated carbocycles. The van der Waals surface area contributed by atoms with E-state index in [1.807, 2.05) is 55.8 Å². The first kappa shape index (κ1) is 9.48. The molecule has 0 fully saturated rings. The van der Waals surface area contributed by atoms with Crippen LogP contribution in [0.15, 0.2) is 53.1 Å². The van der Waals surface area contributed by atoms with Crippen LogP contribution in [0.1, 0.15) is 13.8 Å². The van der Waals surface area contributed by atoms with Crippen molar-refractivity contribution in [1.29, 1.82) is 0 Å². The van der Waals surface area contributed by atoms with Crippen molar-refractivity contribution in [3.05, 3.63) is 53.1 Å². The Kier molecular flexibility index (Phi) is 2.20. The van der Waals surface area contributed by atoms with Crippen molar-refractivity contribution in [1.82, 2.24) is 0 Å².